The van der Waals surface area contributed by atoms with E-state index in [1.165, 1.54) is 6.42 Å². The van der Waals surface area contributed by atoms with Crippen LogP contribution in [0.15, 0.2) is 23.4 Å². The fraction of sp³-hybridized carbons (Fsp3) is 0.500. The molecule has 0 spiro atoms. The number of nitrogens with one attached hydrogen (secondary N) is 1. The van der Waals surface area contributed by atoms with Crippen LogP contribution in [0.3, 0.4) is 0 Å². The molecule has 108 valence electrons. The largest absolute Gasteiger partial charge is 0.481 e. The molecular formula is C14H18N2O3S. The van der Waals surface area contributed by atoms with Gasteiger partial charge in [0.1, 0.15) is 0 Å². The molecule has 0 radical (unpaired) electrons. The van der Waals surface area contributed by atoms with Crippen LogP contribution in [0.1, 0.15) is 32.1 Å². The second-order valence-electron chi connectivity index (χ2n) is 4.89. The molecule has 1 aromatic rings. The molecule has 1 aliphatic carbocycles. The van der Waals surface area contributed by atoms with E-state index < -0.39 is 5.97 Å². The van der Waals surface area contributed by atoms with Gasteiger partial charge < -0.3 is 10.4 Å². The summed E-state index contributed by atoms with van der Waals surface area (Å²) in [6, 6.07) is 3.49. The minimum atomic E-state index is -0.869. The molecule has 1 aromatic heterocycles. The molecule has 1 amide bonds. The Morgan fingerprint density at radius 2 is 2.05 bits per heavy atom. The summed E-state index contributed by atoms with van der Waals surface area (Å²) < 4.78 is 0. The zero-order valence-corrected chi connectivity index (χ0v) is 12.0. The van der Waals surface area contributed by atoms with E-state index in [2.05, 4.69) is 10.3 Å². The van der Waals surface area contributed by atoms with Crippen molar-refractivity contribution in [3.63, 3.8) is 0 Å². The average molecular weight is 294 g/mol. The minimum absolute atomic E-state index is 0.0131. The van der Waals surface area contributed by atoms with Crippen molar-refractivity contribution < 1.29 is 14.7 Å². The van der Waals surface area contributed by atoms with E-state index in [1.807, 2.05) is 0 Å². The monoisotopic (exact) mass is 294 g/mol. The zero-order chi connectivity index (χ0) is 14.4. The number of carboxylic acids is 1. The number of hydrogen-bond donors (Lipinski definition) is 2. The molecule has 1 fully saturated rings. The highest BCUT2D eigenvalue weighted by Crippen LogP contribution is 2.25. The van der Waals surface area contributed by atoms with Crippen LogP contribution in [0.5, 0.6) is 0 Å². The van der Waals surface area contributed by atoms with Gasteiger partial charge in [-0.3, -0.25) is 9.59 Å². The fourth-order valence-corrected chi connectivity index (χ4v) is 2.85. The van der Waals surface area contributed by atoms with E-state index >= 15 is 0 Å². The molecule has 2 rings (SSSR count). The first-order chi connectivity index (χ1) is 9.65. The molecule has 0 saturated heterocycles. The number of hydrogen-bond acceptors (Lipinski definition) is 4. The Morgan fingerprint density at radius 1 is 1.30 bits per heavy atom. The van der Waals surface area contributed by atoms with E-state index in [4.69, 9.17) is 5.11 Å². The van der Waals surface area contributed by atoms with Crippen LogP contribution < -0.4 is 5.32 Å². The summed E-state index contributed by atoms with van der Waals surface area (Å²) in [5.74, 6) is -0.699. The molecule has 2 N–H and O–H groups in total. The van der Waals surface area contributed by atoms with Crippen molar-refractivity contribution >= 4 is 29.3 Å². The smallest absolute Gasteiger partial charge is 0.313 e. The van der Waals surface area contributed by atoms with Crippen molar-refractivity contribution in [3.8, 4) is 0 Å². The van der Waals surface area contributed by atoms with Crippen molar-refractivity contribution in [1.29, 1.82) is 0 Å². The minimum Gasteiger partial charge on any atom is -0.481 e. The van der Waals surface area contributed by atoms with E-state index in [0.29, 0.717) is 10.7 Å². The first kappa shape index (κ1) is 14.8. The zero-order valence-electron chi connectivity index (χ0n) is 11.2. The van der Waals surface area contributed by atoms with Crippen LogP contribution >= 0.6 is 11.8 Å². The topological polar surface area (TPSA) is 79.3 Å². The first-order valence-electron chi connectivity index (χ1n) is 6.76. The number of aromatic nitrogens is 1. The second kappa shape index (κ2) is 7.28. The number of anilines is 1. The summed E-state index contributed by atoms with van der Waals surface area (Å²) in [4.78, 5) is 26.6. The van der Waals surface area contributed by atoms with Crippen molar-refractivity contribution in [3.05, 3.63) is 18.3 Å². The predicted octanol–water partition coefficient (Wildman–Crippen LogP) is 2.78. The number of pyridine rings is 1. The van der Waals surface area contributed by atoms with E-state index in [9.17, 15) is 9.59 Å². The van der Waals surface area contributed by atoms with E-state index in [1.54, 1.807) is 18.3 Å². The standard InChI is InChI=1S/C14H18N2O3S/c17-13(18)9-20-12-7-6-11(8-15-12)16-14(19)10-4-2-1-3-5-10/h6-8,10H,1-5,9H2,(H,16,19)(H,17,18). The SMILES string of the molecule is O=C(O)CSc1ccc(NC(=O)C2CCCCC2)cn1. The van der Waals surface area contributed by atoms with Crippen molar-refractivity contribution in [1.82, 2.24) is 4.98 Å². The maximum atomic E-state index is 12.0. The Hall–Kier alpha value is -1.56. The predicted molar refractivity (Wildman–Crippen MR) is 77.8 cm³/mol. The van der Waals surface area contributed by atoms with Gasteiger partial charge >= 0.3 is 5.97 Å². The maximum absolute atomic E-state index is 12.0. The summed E-state index contributed by atoms with van der Waals surface area (Å²) >= 11 is 1.16. The third-order valence-electron chi connectivity index (χ3n) is 3.32. The van der Waals surface area contributed by atoms with Gasteiger partial charge in [0.15, 0.2) is 0 Å². The molecule has 1 aliphatic rings. The van der Waals surface area contributed by atoms with Crippen LogP contribution in [0.25, 0.3) is 0 Å². The Labute approximate surface area is 122 Å². The fourth-order valence-electron chi connectivity index (χ4n) is 2.28. The lowest BCUT2D eigenvalue weighted by atomic mass is 9.88. The lowest BCUT2D eigenvalue weighted by Crippen LogP contribution is -2.24. The number of carbonyl (C=O) groups is 2. The highest BCUT2D eigenvalue weighted by molar-refractivity contribution is 7.99. The van der Waals surface area contributed by atoms with Crippen molar-refractivity contribution in [2.75, 3.05) is 11.1 Å². The number of nitrogens with zero attached hydrogens (tertiary/aromatic N) is 1. The molecule has 0 aromatic carbocycles. The molecule has 20 heavy (non-hydrogen) atoms. The van der Waals surface area contributed by atoms with E-state index in [-0.39, 0.29) is 17.6 Å². The Balaban J connectivity index is 1.86. The molecule has 5 nitrogen and oxygen atoms in total. The van der Waals surface area contributed by atoms with Crippen molar-refractivity contribution in [2.45, 2.75) is 37.1 Å². The third kappa shape index (κ3) is 4.52. The van der Waals surface area contributed by atoms with Crippen LogP contribution in [0, 0.1) is 5.92 Å². The van der Waals surface area contributed by atoms with Crippen LogP contribution in [-0.4, -0.2) is 27.7 Å². The Morgan fingerprint density at radius 3 is 2.65 bits per heavy atom. The third-order valence-corrected chi connectivity index (χ3v) is 4.25. The van der Waals surface area contributed by atoms with Gasteiger partial charge in [0.25, 0.3) is 0 Å². The molecule has 1 heterocycles. The van der Waals surface area contributed by atoms with Gasteiger partial charge in [-0.05, 0) is 25.0 Å². The Kier molecular flexibility index (Phi) is 5.40. The van der Waals surface area contributed by atoms with Gasteiger partial charge in [-0.2, -0.15) is 0 Å². The molecule has 0 bridgehead atoms. The summed E-state index contributed by atoms with van der Waals surface area (Å²) in [6.45, 7) is 0. The quantitative estimate of drug-likeness (QED) is 0.816. The highest BCUT2D eigenvalue weighted by Gasteiger charge is 2.20. The molecular weight excluding hydrogens is 276 g/mol. The maximum Gasteiger partial charge on any atom is 0.313 e. The lowest BCUT2D eigenvalue weighted by molar-refractivity contribution is -0.133. The van der Waals surface area contributed by atoms with Gasteiger partial charge in [-0.25, -0.2) is 4.98 Å². The van der Waals surface area contributed by atoms with E-state index in [0.717, 1.165) is 37.4 Å². The summed E-state index contributed by atoms with van der Waals surface area (Å²) in [7, 11) is 0. The number of thioether (sulfide) groups is 1. The number of carbonyl (C=O) groups excluding carboxylic acids is 1. The highest BCUT2D eigenvalue weighted by atomic mass is 32.2. The number of amides is 1. The number of rotatable bonds is 5. The van der Waals surface area contributed by atoms with Crippen LogP contribution in [-0.2, 0) is 9.59 Å². The molecule has 1 saturated carbocycles. The molecule has 0 atom stereocenters. The summed E-state index contributed by atoms with van der Waals surface area (Å²) in [5.41, 5.74) is 0.667. The van der Waals surface area contributed by atoms with Gasteiger partial charge in [0.05, 0.1) is 22.7 Å². The van der Waals surface area contributed by atoms with Crippen LogP contribution in [0.4, 0.5) is 5.69 Å². The normalized spacial score (nSPS) is 15.8. The summed E-state index contributed by atoms with van der Waals surface area (Å²) in [5, 5.41) is 12.1. The Bertz CT molecular complexity index is 470. The number of carboxylic acid groups (broad SMARTS) is 1. The lowest BCUT2D eigenvalue weighted by Gasteiger charge is -2.20. The van der Waals surface area contributed by atoms with Crippen molar-refractivity contribution in [2.24, 2.45) is 5.92 Å². The van der Waals surface area contributed by atoms with Gasteiger partial charge in [0, 0.05) is 5.92 Å². The average Bonchev–Trinajstić information content (AvgIpc) is 2.47. The van der Waals surface area contributed by atoms with Gasteiger partial charge in [-0.1, -0.05) is 31.0 Å². The summed E-state index contributed by atoms with van der Waals surface area (Å²) in [6.07, 6.45) is 6.98. The van der Waals surface area contributed by atoms with Gasteiger partial charge in [-0.15, -0.1) is 0 Å². The molecule has 0 unspecified atom stereocenters. The van der Waals surface area contributed by atoms with Gasteiger partial charge in [0.2, 0.25) is 5.91 Å². The first-order valence-corrected chi connectivity index (χ1v) is 7.75. The van der Waals surface area contributed by atoms with Crippen LogP contribution in [0.2, 0.25) is 0 Å². The second-order valence-corrected chi connectivity index (χ2v) is 5.89. The molecule has 6 heteroatoms. The number of aliphatic carboxylic acids is 1. The molecule has 0 aliphatic heterocycles.